The number of rotatable bonds is 11. The van der Waals surface area contributed by atoms with E-state index >= 15 is 0 Å². The molecule has 26 heavy (non-hydrogen) atoms. The number of sulfonamides is 1. The van der Waals surface area contributed by atoms with E-state index in [-0.39, 0.29) is 5.75 Å². The van der Waals surface area contributed by atoms with Crippen LogP contribution in [0.1, 0.15) is 25.8 Å². The maximum atomic E-state index is 11.7. The van der Waals surface area contributed by atoms with E-state index in [0.29, 0.717) is 19.5 Å². The minimum Gasteiger partial charge on any atom is -0.497 e. The molecular weight excluding hydrogens is 352 g/mol. The number of methoxy groups -OCH3 is 1. The average molecular weight is 385 g/mol. The Kier molecular flexibility index (Phi) is 10.0. The van der Waals surface area contributed by atoms with Gasteiger partial charge in [-0.3, -0.25) is 4.99 Å². The van der Waals surface area contributed by atoms with Gasteiger partial charge in [-0.05, 0) is 44.4 Å². The lowest BCUT2D eigenvalue weighted by atomic mass is 10.1. The third-order valence-electron chi connectivity index (χ3n) is 3.95. The van der Waals surface area contributed by atoms with Crippen LogP contribution in [0.2, 0.25) is 0 Å². The third-order valence-corrected chi connectivity index (χ3v) is 5.81. The molecule has 1 aromatic carbocycles. The van der Waals surface area contributed by atoms with Crippen molar-refractivity contribution in [2.45, 2.75) is 26.7 Å². The predicted octanol–water partition coefficient (Wildman–Crippen LogP) is 1.46. The minimum absolute atomic E-state index is 0.127. The zero-order valence-corrected chi connectivity index (χ0v) is 17.1. The summed E-state index contributed by atoms with van der Waals surface area (Å²) in [6.45, 7) is 6.26. The lowest BCUT2D eigenvalue weighted by Gasteiger charge is -2.15. The van der Waals surface area contributed by atoms with E-state index in [1.807, 2.05) is 19.1 Å². The lowest BCUT2D eigenvalue weighted by molar-refractivity contribution is 0.414. The summed E-state index contributed by atoms with van der Waals surface area (Å²) in [6, 6.07) is 8.01. The van der Waals surface area contributed by atoms with Crippen LogP contribution < -0.4 is 15.4 Å². The highest BCUT2D eigenvalue weighted by Gasteiger charge is 2.13. The van der Waals surface area contributed by atoms with Crippen molar-refractivity contribution < 1.29 is 13.2 Å². The Hall–Kier alpha value is -1.80. The molecule has 0 saturated heterocycles. The molecular formula is C18H32N4O3S. The van der Waals surface area contributed by atoms with Crippen LogP contribution in [-0.4, -0.2) is 64.8 Å². The summed E-state index contributed by atoms with van der Waals surface area (Å²) in [6.07, 6.45) is 1.57. The van der Waals surface area contributed by atoms with Crippen LogP contribution in [0, 0.1) is 0 Å². The fraction of sp³-hybridized carbons (Fsp3) is 0.611. The van der Waals surface area contributed by atoms with Crippen LogP contribution in [-0.2, 0) is 16.4 Å². The Morgan fingerprint density at radius 1 is 1.19 bits per heavy atom. The highest BCUT2D eigenvalue weighted by atomic mass is 32.2. The third kappa shape index (κ3) is 8.05. The number of nitrogens with one attached hydrogen (secondary N) is 2. The Morgan fingerprint density at radius 2 is 1.88 bits per heavy atom. The van der Waals surface area contributed by atoms with E-state index < -0.39 is 10.0 Å². The molecule has 2 N–H and O–H groups in total. The van der Waals surface area contributed by atoms with Gasteiger partial charge in [0.05, 0.1) is 12.9 Å². The van der Waals surface area contributed by atoms with E-state index in [1.165, 1.54) is 9.87 Å². The summed E-state index contributed by atoms with van der Waals surface area (Å²) in [5, 5.41) is 6.51. The normalized spacial score (nSPS) is 12.3. The van der Waals surface area contributed by atoms with Gasteiger partial charge in [0.2, 0.25) is 10.0 Å². The first-order chi connectivity index (χ1) is 12.4. The Balaban J connectivity index is 2.40. The van der Waals surface area contributed by atoms with Gasteiger partial charge in [-0.2, -0.15) is 0 Å². The number of hydrogen-bond donors (Lipinski definition) is 2. The van der Waals surface area contributed by atoms with E-state index in [9.17, 15) is 8.42 Å². The van der Waals surface area contributed by atoms with Gasteiger partial charge in [-0.25, -0.2) is 12.7 Å². The van der Waals surface area contributed by atoms with Crippen LogP contribution in [0.5, 0.6) is 5.75 Å². The van der Waals surface area contributed by atoms with Crippen molar-refractivity contribution >= 4 is 16.0 Å². The van der Waals surface area contributed by atoms with E-state index in [4.69, 9.17) is 4.74 Å². The van der Waals surface area contributed by atoms with E-state index in [2.05, 4.69) is 27.8 Å². The quantitative estimate of drug-likeness (QED) is 0.343. The van der Waals surface area contributed by atoms with Gasteiger partial charge in [0, 0.05) is 33.2 Å². The first-order valence-corrected chi connectivity index (χ1v) is 10.6. The molecule has 148 valence electrons. The molecule has 8 heteroatoms. The largest absolute Gasteiger partial charge is 0.497 e. The molecule has 1 aromatic rings. The number of guanidine groups is 1. The second-order valence-electron chi connectivity index (χ2n) is 5.86. The van der Waals surface area contributed by atoms with Gasteiger partial charge in [0.15, 0.2) is 5.96 Å². The fourth-order valence-corrected chi connectivity index (χ4v) is 3.15. The van der Waals surface area contributed by atoms with Crippen molar-refractivity contribution in [3.05, 3.63) is 29.8 Å². The smallest absolute Gasteiger partial charge is 0.213 e. The van der Waals surface area contributed by atoms with Crippen LogP contribution in [0.3, 0.4) is 0 Å². The summed E-state index contributed by atoms with van der Waals surface area (Å²) in [5.41, 5.74) is 1.22. The molecule has 0 amide bonds. The standard InChI is InChI=1S/C18H32N4O3S/c1-5-19-18(20-13-7-15-22(3)26(23,24)6-2)21-14-12-16-8-10-17(25-4)11-9-16/h8-11H,5-7,12-15H2,1-4H3,(H2,19,20,21). The molecule has 0 aliphatic rings. The summed E-state index contributed by atoms with van der Waals surface area (Å²) < 4.78 is 30.0. The summed E-state index contributed by atoms with van der Waals surface area (Å²) in [4.78, 5) is 4.50. The van der Waals surface area contributed by atoms with Crippen LogP contribution in [0.15, 0.2) is 29.3 Å². The highest BCUT2D eigenvalue weighted by molar-refractivity contribution is 7.89. The first-order valence-electron chi connectivity index (χ1n) is 9.02. The molecule has 0 aliphatic heterocycles. The average Bonchev–Trinajstić information content (AvgIpc) is 2.65. The predicted molar refractivity (Wildman–Crippen MR) is 107 cm³/mol. The number of nitrogens with zero attached hydrogens (tertiary/aromatic N) is 2. The van der Waals surface area contributed by atoms with Gasteiger partial charge in [0.1, 0.15) is 5.75 Å². The molecule has 1 rings (SSSR count). The first kappa shape index (κ1) is 22.2. The molecule has 0 aromatic heterocycles. The second-order valence-corrected chi connectivity index (χ2v) is 8.23. The van der Waals surface area contributed by atoms with Crippen molar-refractivity contribution in [2.24, 2.45) is 4.99 Å². The summed E-state index contributed by atoms with van der Waals surface area (Å²) in [7, 11) is 0.156. The molecule has 0 fully saturated rings. The van der Waals surface area contributed by atoms with Gasteiger partial charge < -0.3 is 15.4 Å². The van der Waals surface area contributed by atoms with Crippen LogP contribution >= 0.6 is 0 Å². The van der Waals surface area contributed by atoms with Crippen LogP contribution in [0.25, 0.3) is 0 Å². The molecule has 0 aliphatic carbocycles. The topological polar surface area (TPSA) is 83.0 Å². The molecule has 0 spiro atoms. The van der Waals surface area contributed by atoms with E-state index in [1.54, 1.807) is 21.1 Å². The number of aliphatic imine (C=N–C) groups is 1. The SMILES string of the molecule is CCNC(=NCCCN(C)S(=O)(=O)CC)NCCc1ccc(OC)cc1. The minimum atomic E-state index is -3.11. The maximum absolute atomic E-state index is 11.7. The highest BCUT2D eigenvalue weighted by Crippen LogP contribution is 2.11. The Labute approximate surface area is 157 Å². The Morgan fingerprint density at radius 3 is 2.46 bits per heavy atom. The van der Waals surface area contributed by atoms with Crippen molar-refractivity contribution in [1.82, 2.24) is 14.9 Å². The van der Waals surface area contributed by atoms with Crippen molar-refractivity contribution in [1.29, 1.82) is 0 Å². The zero-order valence-electron chi connectivity index (χ0n) is 16.3. The molecule has 0 atom stereocenters. The molecule has 0 unspecified atom stereocenters. The molecule has 0 heterocycles. The number of ether oxygens (including phenoxy) is 1. The zero-order chi connectivity index (χ0) is 19.4. The van der Waals surface area contributed by atoms with Crippen molar-refractivity contribution in [3.8, 4) is 5.75 Å². The van der Waals surface area contributed by atoms with Crippen LogP contribution in [0.4, 0.5) is 0 Å². The van der Waals surface area contributed by atoms with Crippen molar-refractivity contribution in [3.63, 3.8) is 0 Å². The summed E-state index contributed by atoms with van der Waals surface area (Å²) >= 11 is 0. The monoisotopic (exact) mass is 384 g/mol. The molecule has 0 radical (unpaired) electrons. The van der Waals surface area contributed by atoms with Gasteiger partial charge in [0.25, 0.3) is 0 Å². The van der Waals surface area contributed by atoms with Gasteiger partial charge >= 0.3 is 0 Å². The van der Waals surface area contributed by atoms with Crippen molar-refractivity contribution in [2.75, 3.05) is 46.1 Å². The van der Waals surface area contributed by atoms with Gasteiger partial charge in [-0.15, -0.1) is 0 Å². The summed E-state index contributed by atoms with van der Waals surface area (Å²) in [5.74, 6) is 1.73. The molecule has 7 nitrogen and oxygen atoms in total. The molecule has 0 saturated carbocycles. The lowest BCUT2D eigenvalue weighted by Crippen LogP contribution is -2.38. The Bertz CT molecular complexity index is 645. The van der Waals surface area contributed by atoms with E-state index in [0.717, 1.165) is 31.2 Å². The number of benzene rings is 1. The number of hydrogen-bond acceptors (Lipinski definition) is 4. The maximum Gasteiger partial charge on any atom is 0.213 e. The fourth-order valence-electron chi connectivity index (χ4n) is 2.30. The van der Waals surface area contributed by atoms with Gasteiger partial charge in [-0.1, -0.05) is 12.1 Å². The molecule has 0 bridgehead atoms. The second kappa shape index (κ2) is 11.7.